The van der Waals surface area contributed by atoms with Crippen LogP contribution in [0.25, 0.3) is 0 Å². The summed E-state index contributed by atoms with van der Waals surface area (Å²) in [6.07, 6.45) is -8.43. The van der Waals surface area contributed by atoms with Gasteiger partial charge in [0.25, 0.3) is 0 Å². The lowest BCUT2D eigenvalue weighted by atomic mass is 9.84. The number of hydrogen-bond donors (Lipinski definition) is 5. The highest BCUT2D eigenvalue weighted by atomic mass is 16.6. The summed E-state index contributed by atoms with van der Waals surface area (Å²) >= 11 is 0. The van der Waals surface area contributed by atoms with Gasteiger partial charge in [0.05, 0.1) is 57.3 Å². The predicted octanol–water partition coefficient (Wildman–Crippen LogP) is -4.61. The van der Waals surface area contributed by atoms with E-state index in [1.165, 1.54) is 21.1 Å². The Bertz CT molecular complexity index is 636. The molecule has 0 saturated carbocycles. The molecule has 1 amide bonds. The third-order valence-electron chi connectivity index (χ3n) is 5.98. The van der Waals surface area contributed by atoms with Crippen LogP contribution in [0.15, 0.2) is 0 Å². The minimum Gasteiger partial charge on any atom is -0.547 e. The summed E-state index contributed by atoms with van der Waals surface area (Å²) in [5.74, 6) is -3.74. The van der Waals surface area contributed by atoms with Gasteiger partial charge in [0.15, 0.2) is 0 Å². The molecule has 5 N–H and O–H groups in total. The molecule has 33 heavy (non-hydrogen) atoms. The Morgan fingerprint density at radius 1 is 0.879 bits per heavy atom. The molecule has 13 heteroatoms. The zero-order valence-corrected chi connectivity index (χ0v) is 18.9. The van der Waals surface area contributed by atoms with Crippen LogP contribution in [0, 0.1) is 11.8 Å². The first-order valence-corrected chi connectivity index (χ1v) is 10.7. The zero-order valence-electron chi connectivity index (χ0n) is 18.9. The average Bonchev–Trinajstić information content (AvgIpc) is 2.76. The Morgan fingerprint density at radius 3 is 2.09 bits per heavy atom. The van der Waals surface area contributed by atoms with Crippen LogP contribution in [-0.2, 0) is 33.3 Å². The molecular weight excluding hydrogens is 446 g/mol. The van der Waals surface area contributed by atoms with Crippen molar-refractivity contribution in [3.05, 3.63) is 0 Å². The van der Waals surface area contributed by atoms with Gasteiger partial charge in [-0.1, -0.05) is 0 Å². The standard InChI is InChI=1S/C20H35NO12/c1-9(23)21-15-10(5-29-2)16(24)12(4-22)32-13(15)8-31-6-11-17(25)18(26)14(7-30-3)33-19(11)20(27)28/h10-19,22,24-26H,4-8H2,1-3H3,(H,21,23)(H,27,28)/p-1/t10-,11-,12?,13-,14-,15?,16+,17-,18?,19?/m0/s1. The van der Waals surface area contributed by atoms with Gasteiger partial charge >= 0.3 is 0 Å². The predicted molar refractivity (Wildman–Crippen MR) is 107 cm³/mol. The van der Waals surface area contributed by atoms with Crippen LogP contribution in [-0.4, -0.2) is 128 Å². The summed E-state index contributed by atoms with van der Waals surface area (Å²) in [6.45, 7) is 0.219. The van der Waals surface area contributed by atoms with Crippen molar-refractivity contribution < 1.29 is 58.8 Å². The van der Waals surface area contributed by atoms with Gasteiger partial charge in [0.1, 0.15) is 30.5 Å². The Morgan fingerprint density at radius 2 is 1.55 bits per heavy atom. The van der Waals surface area contributed by atoms with E-state index in [2.05, 4.69) is 5.32 Å². The van der Waals surface area contributed by atoms with Crippen LogP contribution < -0.4 is 10.4 Å². The molecule has 2 aliphatic heterocycles. The van der Waals surface area contributed by atoms with E-state index in [0.29, 0.717) is 0 Å². The fourth-order valence-corrected chi connectivity index (χ4v) is 4.34. The number of aliphatic carboxylic acids is 1. The van der Waals surface area contributed by atoms with Crippen LogP contribution in [0.3, 0.4) is 0 Å². The third kappa shape index (κ3) is 6.81. The molecule has 0 radical (unpaired) electrons. The number of aliphatic hydroxyl groups excluding tert-OH is 4. The molecule has 13 nitrogen and oxygen atoms in total. The maximum atomic E-state index is 11.7. The van der Waals surface area contributed by atoms with Crippen LogP contribution in [0.5, 0.6) is 0 Å². The number of ether oxygens (including phenoxy) is 5. The molecule has 2 fully saturated rings. The summed E-state index contributed by atoms with van der Waals surface area (Å²) < 4.78 is 26.7. The number of rotatable bonds is 11. The van der Waals surface area contributed by atoms with Crippen molar-refractivity contribution in [2.75, 3.05) is 47.3 Å². The molecule has 2 rings (SSSR count). The lowest BCUT2D eigenvalue weighted by molar-refractivity contribution is -0.332. The fraction of sp³-hybridized carbons (Fsp3) is 0.900. The minimum absolute atomic E-state index is 0.0670. The monoisotopic (exact) mass is 480 g/mol. The molecule has 0 bridgehead atoms. The first kappa shape index (κ1) is 27.8. The Balaban J connectivity index is 2.11. The number of amides is 1. The lowest BCUT2D eigenvalue weighted by Crippen LogP contribution is -2.63. The minimum atomic E-state index is -1.58. The number of hydrogen-bond acceptors (Lipinski definition) is 12. The normalized spacial score (nSPS) is 39.2. The van der Waals surface area contributed by atoms with Crippen molar-refractivity contribution in [3.8, 4) is 0 Å². The van der Waals surface area contributed by atoms with Crippen molar-refractivity contribution in [2.24, 2.45) is 11.8 Å². The highest BCUT2D eigenvalue weighted by Crippen LogP contribution is 2.29. The van der Waals surface area contributed by atoms with E-state index < -0.39 is 73.2 Å². The molecule has 4 unspecified atom stereocenters. The summed E-state index contributed by atoms with van der Waals surface area (Å²) in [5.41, 5.74) is 0. The van der Waals surface area contributed by atoms with E-state index >= 15 is 0 Å². The van der Waals surface area contributed by atoms with Gasteiger partial charge < -0.3 is 59.3 Å². The van der Waals surface area contributed by atoms with E-state index in [1.54, 1.807) is 0 Å². The molecule has 2 heterocycles. The molecular formula is C20H34NO12-. The van der Waals surface area contributed by atoms with Crippen LogP contribution >= 0.6 is 0 Å². The third-order valence-corrected chi connectivity index (χ3v) is 5.98. The van der Waals surface area contributed by atoms with Crippen LogP contribution in [0.4, 0.5) is 0 Å². The molecule has 2 aliphatic rings. The first-order valence-electron chi connectivity index (χ1n) is 10.7. The van der Waals surface area contributed by atoms with Crippen molar-refractivity contribution in [1.29, 1.82) is 0 Å². The van der Waals surface area contributed by atoms with E-state index in [-0.39, 0.29) is 32.3 Å². The van der Waals surface area contributed by atoms with Gasteiger partial charge in [-0.2, -0.15) is 0 Å². The van der Waals surface area contributed by atoms with Crippen molar-refractivity contribution in [1.82, 2.24) is 5.32 Å². The second-order valence-electron chi connectivity index (χ2n) is 8.28. The number of methoxy groups -OCH3 is 2. The maximum absolute atomic E-state index is 11.7. The van der Waals surface area contributed by atoms with Crippen LogP contribution in [0.1, 0.15) is 6.92 Å². The smallest absolute Gasteiger partial charge is 0.217 e. The van der Waals surface area contributed by atoms with Crippen LogP contribution in [0.2, 0.25) is 0 Å². The summed E-state index contributed by atoms with van der Waals surface area (Å²) in [5, 5.41) is 55.1. The van der Waals surface area contributed by atoms with Gasteiger partial charge in [-0.05, 0) is 0 Å². The van der Waals surface area contributed by atoms with Crippen molar-refractivity contribution in [3.63, 3.8) is 0 Å². The highest BCUT2D eigenvalue weighted by molar-refractivity contribution is 5.73. The Kier molecular flexibility index (Phi) is 10.9. The number of nitrogens with one attached hydrogen (secondary N) is 1. The second-order valence-corrected chi connectivity index (χ2v) is 8.28. The van der Waals surface area contributed by atoms with Gasteiger partial charge in [-0.3, -0.25) is 4.79 Å². The maximum Gasteiger partial charge on any atom is 0.217 e. The SMILES string of the molecule is COC[C@@H]1OC(C(=O)[O-])[C@@H](COC[C@@H]2OC(CO)[C@H](O)[C@@H](COC)C2NC(C)=O)[C@H](O)C1O. The van der Waals surface area contributed by atoms with Gasteiger partial charge in [0, 0.05) is 33.0 Å². The summed E-state index contributed by atoms with van der Waals surface area (Å²) in [6, 6.07) is -0.735. The number of carbonyl (C=O) groups excluding carboxylic acids is 2. The Labute approximate surface area is 191 Å². The molecule has 2 saturated heterocycles. The fourth-order valence-electron chi connectivity index (χ4n) is 4.34. The number of carboxylic acid groups (broad SMARTS) is 1. The molecule has 0 aromatic heterocycles. The summed E-state index contributed by atoms with van der Waals surface area (Å²) in [7, 11) is 2.77. The molecule has 0 aromatic rings. The molecule has 0 aliphatic carbocycles. The molecule has 192 valence electrons. The molecule has 10 atom stereocenters. The highest BCUT2D eigenvalue weighted by Gasteiger charge is 2.47. The first-order chi connectivity index (χ1) is 15.7. The molecule has 0 aromatic carbocycles. The van der Waals surface area contributed by atoms with E-state index in [1.807, 2.05) is 0 Å². The number of carbonyl (C=O) groups is 2. The van der Waals surface area contributed by atoms with E-state index in [4.69, 9.17) is 23.7 Å². The number of carboxylic acids is 1. The number of aliphatic hydroxyl groups is 4. The molecule has 0 spiro atoms. The quantitative estimate of drug-likeness (QED) is 0.190. The van der Waals surface area contributed by atoms with Crippen molar-refractivity contribution >= 4 is 11.9 Å². The zero-order chi connectivity index (χ0) is 24.7. The van der Waals surface area contributed by atoms with E-state index in [9.17, 15) is 35.1 Å². The van der Waals surface area contributed by atoms with E-state index in [0.717, 1.165) is 0 Å². The topological polar surface area (TPSA) is 196 Å². The lowest BCUT2D eigenvalue weighted by Gasteiger charge is -2.45. The largest absolute Gasteiger partial charge is 0.547 e. The van der Waals surface area contributed by atoms with Gasteiger partial charge in [-0.15, -0.1) is 0 Å². The second kappa shape index (κ2) is 12.9. The Hall–Kier alpha value is -1.42. The van der Waals surface area contributed by atoms with Crippen molar-refractivity contribution in [2.45, 2.75) is 55.7 Å². The van der Waals surface area contributed by atoms with Gasteiger partial charge in [0.2, 0.25) is 5.91 Å². The van der Waals surface area contributed by atoms with Gasteiger partial charge in [-0.25, -0.2) is 0 Å². The average molecular weight is 480 g/mol. The summed E-state index contributed by atoms with van der Waals surface area (Å²) in [4.78, 5) is 23.3.